The maximum Gasteiger partial charge on any atom is 0.313 e. The molecule has 0 heterocycles. The molecule has 25 heavy (non-hydrogen) atoms. The van der Waals surface area contributed by atoms with E-state index in [1.807, 2.05) is 19.1 Å². The highest BCUT2D eigenvalue weighted by Crippen LogP contribution is 2.30. The molecule has 0 fully saturated rings. The second-order valence-electron chi connectivity index (χ2n) is 5.12. The van der Waals surface area contributed by atoms with Crippen molar-refractivity contribution in [3.8, 4) is 11.5 Å². The van der Waals surface area contributed by atoms with Gasteiger partial charge in [-0.3, -0.25) is 10.1 Å². The minimum atomic E-state index is -3.95. The lowest BCUT2D eigenvalue weighted by molar-refractivity contribution is -0.384. The van der Waals surface area contributed by atoms with Crippen molar-refractivity contribution in [2.24, 2.45) is 0 Å². The lowest BCUT2D eigenvalue weighted by Gasteiger charge is -2.11. The number of nitro groups is 1. The number of non-ortho nitro benzene ring substituents is 1. The van der Waals surface area contributed by atoms with Crippen LogP contribution >= 0.6 is 0 Å². The molecule has 132 valence electrons. The van der Waals surface area contributed by atoms with Gasteiger partial charge in [-0.05, 0) is 30.2 Å². The Hall–Kier alpha value is -2.87. The quantitative estimate of drug-likeness (QED) is 0.424. The molecule has 0 radical (unpaired) electrons. The fraction of sp³-hybridized carbons (Fsp3) is 0.176. The molecule has 2 aromatic carbocycles. The first-order valence-corrected chi connectivity index (χ1v) is 8.88. The van der Waals surface area contributed by atoms with Crippen molar-refractivity contribution in [2.75, 3.05) is 7.11 Å². The number of allylic oxidation sites excluding steroid dienone is 1. The number of nitro benzene ring substituents is 1. The molecule has 0 aliphatic heterocycles. The minimum Gasteiger partial charge on any atom is -0.493 e. The topological polar surface area (TPSA) is 95.7 Å². The van der Waals surface area contributed by atoms with E-state index in [1.54, 1.807) is 12.1 Å². The Morgan fingerprint density at radius 1 is 1.12 bits per heavy atom. The summed E-state index contributed by atoms with van der Waals surface area (Å²) in [5.41, 5.74) is 1.12. The van der Waals surface area contributed by atoms with Crippen LogP contribution in [0.15, 0.2) is 48.5 Å². The summed E-state index contributed by atoms with van der Waals surface area (Å²) >= 11 is 0. The van der Waals surface area contributed by atoms with Gasteiger partial charge in [-0.25, -0.2) is 0 Å². The highest BCUT2D eigenvalue weighted by molar-refractivity contribution is 7.86. The molecule has 0 spiro atoms. The molecule has 0 aliphatic carbocycles. The zero-order valence-electron chi connectivity index (χ0n) is 13.7. The van der Waals surface area contributed by atoms with Crippen LogP contribution in [-0.2, 0) is 15.9 Å². The second-order valence-corrected chi connectivity index (χ2v) is 6.69. The van der Waals surface area contributed by atoms with Gasteiger partial charge in [0.1, 0.15) is 5.75 Å². The number of hydrogen-bond donors (Lipinski definition) is 0. The van der Waals surface area contributed by atoms with E-state index in [0.29, 0.717) is 11.3 Å². The van der Waals surface area contributed by atoms with Crippen molar-refractivity contribution >= 4 is 21.9 Å². The molecule has 0 saturated heterocycles. The fourth-order valence-corrected chi connectivity index (χ4v) is 3.20. The molecule has 0 amide bonds. The van der Waals surface area contributed by atoms with Crippen molar-refractivity contribution in [2.45, 2.75) is 12.7 Å². The molecule has 0 atom stereocenters. The molecule has 0 aliphatic rings. The second kappa shape index (κ2) is 7.80. The predicted molar refractivity (Wildman–Crippen MR) is 94.1 cm³/mol. The van der Waals surface area contributed by atoms with Crippen LogP contribution in [0.1, 0.15) is 18.1 Å². The van der Waals surface area contributed by atoms with Crippen molar-refractivity contribution in [3.63, 3.8) is 0 Å². The van der Waals surface area contributed by atoms with Crippen molar-refractivity contribution in [1.82, 2.24) is 0 Å². The van der Waals surface area contributed by atoms with E-state index in [2.05, 4.69) is 0 Å². The molecule has 7 nitrogen and oxygen atoms in total. The maximum absolute atomic E-state index is 12.2. The van der Waals surface area contributed by atoms with Gasteiger partial charge < -0.3 is 8.92 Å². The molecule has 2 aromatic rings. The first-order valence-electron chi connectivity index (χ1n) is 7.31. The Kier molecular flexibility index (Phi) is 5.76. The van der Waals surface area contributed by atoms with Gasteiger partial charge in [0.15, 0.2) is 11.5 Å². The largest absolute Gasteiger partial charge is 0.493 e. The third-order valence-corrected chi connectivity index (χ3v) is 4.37. The summed E-state index contributed by atoms with van der Waals surface area (Å²) in [5.74, 6) is -0.0364. The van der Waals surface area contributed by atoms with Crippen molar-refractivity contribution < 1.29 is 22.3 Å². The Labute approximate surface area is 145 Å². The van der Waals surface area contributed by atoms with E-state index in [9.17, 15) is 18.5 Å². The monoisotopic (exact) mass is 363 g/mol. The summed E-state index contributed by atoms with van der Waals surface area (Å²) in [7, 11) is -2.53. The number of rotatable bonds is 7. The zero-order chi connectivity index (χ0) is 18.4. The molecule has 0 aromatic heterocycles. The molecule has 2 rings (SSSR count). The number of hydrogen-bond acceptors (Lipinski definition) is 6. The number of methoxy groups -OCH3 is 1. The molecular weight excluding hydrogens is 346 g/mol. The third-order valence-electron chi connectivity index (χ3n) is 3.25. The van der Waals surface area contributed by atoms with Gasteiger partial charge in [0.25, 0.3) is 5.69 Å². The van der Waals surface area contributed by atoms with E-state index in [-0.39, 0.29) is 11.4 Å². The smallest absolute Gasteiger partial charge is 0.313 e. The van der Waals surface area contributed by atoms with E-state index in [4.69, 9.17) is 8.92 Å². The number of ether oxygens (including phenoxy) is 1. The van der Waals surface area contributed by atoms with Crippen LogP contribution in [0.2, 0.25) is 0 Å². The fourth-order valence-electron chi connectivity index (χ4n) is 2.13. The van der Waals surface area contributed by atoms with Crippen LogP contribution in [-0.4, -0.2) is 20.5 Å². The van der Waals surface area contributed by atoms with Gasteiger partial charge in [0, 0.05) is 12.1 Å². The van der Waals surface area contributed by atoms with Crippen LogP contribution in [0, 0.1) is 10.1 Å². The van der Waals surface area contributed by atoms with Crippen molar-refractivity contribution in [3.05, 3.63) is 69.8 Å². The van der Waals surface area contributed by atoms with Gasteiger partial charge in [-0.15, -0.1) is 0 Å². The summed E-state index contributed by atoms with van der Waals surface area (Å²) in [5, 5.41) is 10.6. The van der Waals surface area contributed by atoms with Gasteiger partial charge in [-0.2, -0.15) is 8.42 Å². The van der Waals surface area contributed by atoms with Crippen LogP contribution in [0.25, 0.3) is 6.08 Å². The van der Waals surface area contributed by atoms with Crippen LogP contribution < -0.4 is 8.92 Å². The standard InChI is InChI=1S/C17H17NO6S/c1-3-4-13-7-10-16(17(11-13)23-2)24-25(21,22)12-14-5-8-15(9-6-14)18(19)20/h3-11H,12H2,1-2H3/b4-3+. The highest BCUT2D eigenvalue weighted by atomic mass is 32.2. The summed E-state index contributed by atoms with van der Waals surface area (Å²) in [6.45, 7) is 1.87. The van der Waals surface area contributed by atoms with Gasteiger partial charge in [0.2, 0.25) is 0 Å². The summed E-state index contributed by atoms with van der Waals surface area (Å²) in [6, 6.07) is 10.1. The van der Waals surface area contributed by atoms with Crippen LogP contribution in [0.4, 0.5) is 5.69 Å². The summed E-state index contributed by atoms with van der Waals surface area (Å²) in [6.07, 6.45) is 3.69. The highest BCUT2D eigenvalue weighted by Gasteiger charge is 2.18. The van der Waals surface area contributed by atoms with E-state index < -0.39 is 20.8 Å². The maximum atomic E-state index is 12.2. The van der Waals surface area contributed by atoms with Crippen molar-refractivity contribution in [1.29, 1.82) is 0 Å². The average Bonchev–Trinajstić information content (AvgIpc) is 2.56. The molecule has 8 heteroatoms. The Bertz CT molecular complexity index is 888. The van der Waals surface area contributed by atoms with E-state index in [1.165, 1.54) is 37.4 Å². The Morgan fingerprint density at radius 3 is 2.36 bits per heavy atom. The summed E-state index contributed by atoms with van der Waals surface area (Å²) in [4.78, 5) is 10.1. The van der Waals surface area contributed by atoms with Crippen LogP contribution in [0.3, 0.4) is 0 Å². The van der Waals surface area contributed by atoms with Gasteiger partial charge in [0.05, 0.1) is 12.0 Å². The van der Waals surface area contributed by atoms with Crippen LogP contribution in [0.5, 0.6) is 11.5 Å². The lowest BCUT2D eigenvalue weighted by atomic mass is 10.2. The normalized spacial score (nSPS) is 11.4. The molecular formula is C17H17NO6S. The predicted octanol–water partition coefficient (Wildman–Crippen LogP) is 3.55. The molecule has 0 saturated carbocycles. The van der Waals surface area contributed by atoms with E-state index in [0.717, 1.165) is 5.56 Å². The lowest BCUT2D eigenvalue weighted by Crippen LogP contribution is -2.12. The Balaban J connectivity index is 2.19. The average molecular weight is 363 g/mol. The first kappa shape index (κ1) is 18.5. The van der Waals surface area contributed by atoms with E-state index >= 15 is 0 Å². The SMILES string of the molecule is C/C=C/c1ccc(OS(=O)(=O)Cc2ccc([N+](=O)[O-])cc2)c(OC)c1. The Morgan fingerprint density at radius 2 is 1.80 bits per heavy atom. The minimum absolute atomic E-state index is 0.0812. The molecule has 0 N–H and O–H groups in total. The zero-order valence-corrected chi connectivity index (χ0v) is 14.5. The van der Waals surface area contributed by atoms with Gasteiger partial charge in [-0.1, -0.05) is 30.4 Å². The number of nitrogens with zero attached hydrogens (tertiary/aromatic N) is 1. The summed E-state index contributed by atoms with van der Waals surface area (Å²) < 4.78 is 34.8. The van der Waals surface area contributed by atoms with Gasteiger partial charge >= 0.3 is 10.1 Å². The molecule has 0 unspecified atom stereocenters. The first-order chi connectivity index (χ1) is 11.8. The number of benzene rings is 2. The molecule has 0 bridgehead atoms. The third kappa shape index (κ3) is 5.05.